The maximum absolute atomic E-state index is 12.8. The molecule has 4 rings (SSSR count). The fourth-order valence-corrected chi connectivity index (χ4v) is 3.51. The number of amides is 2. The van der Waals surface area contributed by atoms with Gasteiger partial charge in [0.2, 0.25) is 0 Å². The number of benzene rings is 2. The van der Waals surface area contributed by atoms with Crippen molar-refractivity contribution in [2.75, 3.05) is 6.61 Å². The number of pyridine rings is 1. The minimum Gasteiger partial charge on any atom is -0.452 e. The van der Waals surface area contributed by atoms with Gasteiger partial charge in [-0.15, -0.1) is 0 Å². The number of para-hydroxylation sites is 1. The SMILES string of the molecule is Cn1cccc1C(=O)NC(=O)COC(=O)c1cc(-c2ccc(Br)cc2)nc2ccccc12. The molecule has 0 saturated heterocycles. The number of nitrogens with zero attached hydrogens (tertiary/aromatic N) is 2. The van der Waals surface area contributed by atoms with Crippen molar-refractivity contribution < 1.29 is 19.1 Å². The normalized spacial score (nSPS) is 10.7. The number of nitrogens with one attached hydrogen (secondary N) is 1. The second-order valence-electron chi connectivity index (χ2n) is 7.04. The van der Waals surface area contributed by atoms with Crippen LogP contribution in [0.25, 0.3) is 22.2 Å². The number of imide groups is 1. The van der Waals surface area contributed by atoms with E-state index in [1.807, 2.05) is 30.3 Å². The molecule has 2 amide bonds. The standard InChI is InChI=1S/C24H18BrN3O4/c1-28-12-4-7-21(28)23(30)27-22(29)14-32-24(31)18-13-20(15-8-10-16(25)11-9-15)26-19-6-3-2-5-17(18)19/h2-13H,14H2,1H3,(H,27,29,30). The van der Waals surface area contributed by atoms with Crippen LogP contribution in [0.1, 0.15) is 20.8 Å². The number of hydrogen-bond acceptors (Lipinski definition) is 5. The first-order chi connectivity index (χ1) is 15.4. The highest BCUT2D eigenvalue weighted by molar-refractivity contribution is 9.10. The smallest absolute Gasteiger partial charge is 0.339 e. The molecule has 2 aromatic carbocycles. The van der Waals surface area contributed by atoms with E-state index in [4.69, 9.17) is 4.74 Å². The first-order valence-electron chi connectivity index (χ1n) is 9.71. The van der Waals surface area contributed by atoms with Crippen molar-refractivity contribution >= 4 is 44.6 Å². The molecule has 32 heavy (non-hydrogen) atoms. The van der Waals surface area contributed by atoms with Crippen molar-refractivity contribution in [1.82, 2.24) is 14.9 Å². The summed E-state index contributed by atoms with van der Waals surface area (Å²) in [5, 5.41) is 2.83. The van der Waals surface area contributed by atoms with Crippen LogP contribution in [0.3, 0.4) is 0 Å². The van der Waals surface area contributed by atoms with Gasteiger partial charge in [0.05, 0.1) is 16.8 Å². The van der Waals surface area contributed by atoms with Gasteiger partial charge in [0, 0.05) is 28.7 Å². The molecule has 0 radical (unpaired) electrons. The van der Waals surface area contributed by atoms with Crippen molar-refractivity contribution in [2.24, 2.45) is 7.05 Å². The van der Waals surface area contributed by atoms with Crippen LogP contribution in [-0.2, 0) is 16.6 Å². The minimum absolute atomic E-state index is 0.287. The lowest BCUT2D eigenvalue weighted by molar-refractivity contribution is -0.123. The zero-order chi connectivity index (χ0) is 22.7. The van der Waals surface area contributed by atoms with Gasteiger partial charge < -0.3 is 9.30 Å². The van der Waals surface area contributed by atoms with Gasteiger partial charge in [-0.1, -0.05) is 46.3 Å². The fourth-order valence-electron chi connectivity index (χ4n) is 3.25. The van der Waals surface area contributed by atoms with Gasteiger partial charge in [-0.05, 0) is 36.4 Å². The van der Waals surface area contributed by atoms with Crippen molar-refractivity contribution in [3.8, 4) is 11.3 Å². The predicted molar refractivity (Wildman–Crippen MR) is 123 cm³/mol. The van der Waals surface area contributed by atoms with Crippen LogP contribution in [0, 0.1) is 0 Å². The number of aromatic nitrogens is 2. The Bertz CT molecular complexity index is 1330. The molecule has 0 atom stereocenters. The van der Waals surface area contributed by atoms with Gasteiger partial charge >= 0.3 is 5.97 Å². The Morgan fingerprint density at radius 3 is 2.50 bits per heavy atom. The predicted octanol–water partition coefficient (Wildman–Crippen LogP) is 4.12. The van der Waals surface area contributed by atoms with Crippen LogP contribution in [0.2, 0.25) is 0 Å². The lowest BCUT2D eigenvalue weighted by Crippen LogP contribution is -2.35. The molecule has 1 N–H and O–H groups in total. The Balaban J connectivity index is 1.53. The number of carbonyl (C=O) groups excluding carboxylic acids is 3. The molecule has 0 unspecified atom stereocenters. The molecule has 8 heteroatoms. The summed E-state index contributed by atoms with van der Waals surface area (Å²) in [4.78, 5) is 41.8. The molecule has 0 aliphatic heterocycles. The molecule has 7 nitrogen and oxygen atoms in total. The second-order valence-corrected chi connectivity index (χ2v) is 7.95. The molecule has 0 saturated carbocycles. The topological polar surface area (TPSA) is 90.3 Å². The molecular weight excluding hydrogens is 474 g/mol. The van der Waals surface area contributed by atoms with Crippen LogP contribution in [0.15, 0.2) is 77.4 Å². The van der Waals surface area contributed by atoms with E-state index in [1.165, 1.54) is 0 Å². The molecule has 4 aromatic rings. The number of halogens is 1. The first-order valence-corrected chi connectivity index (χ1v) is 10.5. The number of ether oxygens (including phenoxy) is 1. The average Bonchev–Trinajstić information content (AvgIpc) is 3.23. The summed E-state index contributed by atoms with van der Waals surface area (Å²) in [6.07, 6.45) is 1.69. The van der Waals surface area contributed by atoms with Gasteiger partial charge in [0.15, 0.2) is 6.61 Å². The van der Waals surface area contributed by atoms with E-state index in [2.05, 4.69) is 26.2 Å². The third kappa shape index (κ3) is 4.60. The molecule has 0 aliphatic carbocycles. The van der Waals surface area contributed by atoms with Gasteiger partial charge in [0.25, 0.3) is 11.8 Å². The molecule has 0 spiro atoms. The molecule has 2 aromatic heterocycles. The van der Waals surface area contributed by atoms with Crippen LogP contribution in [-0.4, -0.2) is 33.9 Å². The van der Waals surface area contributed by atoms with Crippen molar-refractivity contribution in [3.63, 3.8) is 0 Å². The van der Waals surface area contributed by atoms with E-state index in [0.29, 0.717) is 22.3 Å². The summed E-state index contributed by atoms with van der Waals surface area (Å²) in [5.74, 6) is -1.95. The van der Waals surface area contributed by atoms with Gasteiger partial charge in [-0.25, -0.2) is 9.78 Å². The van der Waals surface area contributed by atoms with E-state index < -0.39 is 24.4 Å². The van der Waals surface area contributed by atoms with Crippen molar-refractivity contribution in [2.45, 2.75) is 0 Å². The molecule has 0 bridgehead atoms. The summed E-state index contributed by atoms with van der Waals surface area (Å²) in [6.45, 7) is -0.584. The minimum atomic E-state index is -0.712. The number of hydrogen-bond donors (Lipinski definition) is 1. The van der Waals surface area contributed by atoms with Crippen molar-refractivity contribution in [1.29, 1.82) is 0 Å². The lowest BCUT2D eigenvalue weighted by atomic mass is 10.0. The molecule has 160 valence electrons. The molecule has 0 aliphatic rings. The highest BCUT2D eigenvalue weighted by Gasteiger charge is 2.18. The van der Waals surface area contributed by atoms with Gasteiger partial charge in [-0.3, -0.25) is 14.9 Å². The molecular formula is C24H18BrN3O4. The summed E-state index contributed by atoms with van der Waals surface area (Å²) >= 11 is 3.41. The lowest BCUT2D eigenvalue weighted by Gasteiger charge is -2.10. The Morgan fingerprint density at radius 2 is 1.78 bits per heavy atom. The molecule has 2 heterocycles. The summed E-state index contributed by atoms with van der Waals surface area (Å²) in [7, 11) is 1.69. The van der Waals surface area contributed by atoms with Crippen LogP contribution >= 0.6 is 15.9 Å². The van der Waals surface area contributed by atoms with E-state index >= 15 is 0 Å². The largest absolute Gasteiger partial charge is 0.452 e. The maximum Gasteiger partial charge on any atom is 0.339 e. The highest BCUT2D eigenvalue weighted by atomic mass is 79.9. The zero-order valence-corrected chi connectivity index (χ0v) is 18.6. The highest BCUT2D eigenvalue weighted by Crippen LogP contribution is 2.26. The van der Waals surface area contributed by atoms with Crippen LogP contribution < -0.4 is 5.32 Å². The Kier molecular flexibility index (Phi) is 6.13. The van der Waals surface area contributed by atoms with Crippen LogP contribution in [0.4, 0.5) is 0 Å². The van der Waals surface area contributed by atoms with E-state index in [1.54, 1.807) is 54.2 Å². The second kappa shape index (κ2) is 9.15. The van der Waals surface area contributed by atoms with E-state index in [-0.39, 0.29) is 5.56 Å². The van der Waals surface area contributed by atoms with Crippen LogP contribution in [0.5, 0.6) is 0 Å². The van der Waals surface area contributed by atoms with Gasteiger partial charge in [0.1, 0.15) is 5.69 Å². The number of aryl methyl sites for hydroxylation is 1. The number of carbonyl (C=O) groups is 3. The summed E-state index contributed by atoms with van der Waals surface area (Å²) in [5.41, 5.74) is 2.67. The maximum atomic E-state index is 12.8. The monoisotopic (exact) mass is 491 g/mol. The molecule has 0 fully saturated rings. The third-order valence-electron chi connectivity index (χ3n) is 4.84. The Labute approximate surface area is 192 Å². The summed E-state index contributed by atoms with van der Waals surface area (Å²) < 4.78 is 7.72. The van der Waals surface area contributed by atoms with E-state index in [9.17, 15) is 14.4 Å². The number of fused-ring (bicyclic) bond motifs is 1. The first kappa shape index (κ1) is 21.5. The number of rotatable bonds is 5. The summed E-state index contributed by atoms with van der Waals surface area (Å²) in [6, 6.07) is 19.7. The average molecular weight is 492 g/mol. The van der Waals surface area contributed by atoms with E-state index in [0.717, 1.165) is 10.0 Å². The number of esters is 1. The fraction of sp³-hybridized carbons (Fsp3) is 0.0833. The van der Waals surface area contributed by atoms with Gasteiger partial charge in [-0.2, -0.15) is 0 Å². The van der Waals surface area contributed by atoms with Crippen molar-refractivity contribution in [3.05, 3.63) is 88.7 Å². The Morgan fingerprint density at radius 1 is 1.03 bits per heavy atom. The quantitative estimate of drug-likeness (QED) is 0.424. The Hall–Kier alpha value is -3.78. The third-order valence-corrected chi connectivity index (χ3v) is 5.37. The zero-order valence-electron chi connectivity index (χ0n) is 17.0.